The predicted octanol–water partition coefficient (Wildman–Crippen LogP) is 5.51. The Kier molecular flexibility index (Phi) is 6.34. The van der Waals surface area contributed by atoms with E-state index in [1.54, 1.807) is 0 Å². The lowest BCUT2D eigenvalue weighted by molar-refractivity contribution is 0.602. The van der Waals surface area contributed by atoms with Gasteiger partial charge in [-0.25, -0.2) is 0 Å². The molecule has 0 heterocycles. The van der Waals surface area contributed by atoms with Crippen molar-refractivity contribution in [1.29, 1.82) is 0 Å². The molecular formula is C18H22BrNS. The van der Waals surface area contributed by atoms with E-state index in [9.17, 15) is 0 Å². The van der Waals surface area contributed by atoms with Gasteiger partial charge in [0.05, 0.1) is 0 Å². The molecule has 0 fully saturated rings. The topological polar surface area (TPSA) is 12.0 Å². The molecule has 0 aliphatic heterocycles. The van der Waals surface area contributed by atoms with E-state index in [1.165, 1.54) is 21.6 Å². The first-order valence-corrected chi connectivity index (χ1v) is 9.07. The number of thioether (sulfide) groups is 1. The van der Waals surface area contributed by atoms with Crippen molar-refractivity contribution in [3.05, 3.63) is 63.6 Å². The van der Waals surface area contributed by atoms with Crippen LogP contribution in [0.25, 0.3) is 0 Å². The van der Waals surface area contributed by atoms with Gasteiger partial charge in [-0.05, 0) is 55.3 Å². The van der Waals surface area contributed by atoms with Gasteiger partial charge in [0.25, 0.3) is 0 Å². The Balaban J connectivity index is 2.14. The van der Waals surface area contributed by atoms with Gasteiger partial charge in [-0.15, -0.1) is 11.8 Å². The minimum absolute atomic E-state index is 0.388. The molecule has 3 heteroatoms. The summed E-state index contributed by atoms with van der Waals surface area (Å²) in [5.74, 6) is 1.04. The summed E-state index contributed by atoms with van der Waals surface area (Å²) in [5, 5.41) is 3.62. The van der Waals surface area contributed by atoms with Crippen molar-refractivity contribution in [3.63, 3.8) is 0 Å². The number of nitrogens with one attached hydrogen (secondary N) is 1. The van der Waals surface area contributed by atoms with Crippen molar-refractivity contribution >= 4 is 27.7 Å². The van der Waals surface area contributed by atoms with Crippen molar-refractivity contribution in [2.45, 2.75) is 31.7 Å². The molecule has 2 rings (SSSR count). The zero-order valence-corrected chi connectivity index (χ0v) is 15.2. The maximum Gasteiger partial charge on any atom is 0.0418 e. The molecule has 0 spiro atoms. The Morgan fingerprint density at radius 2 is 1.90 bits per heavy atom. The van der Waals surface area contributed by atoms with Gasteiger partial charge in [0.2, 0.25) is 0 Å². The van der Waals surface area contributed by atoms with Crippen LogP contribution in [0.3, 0.4) is 0 Å². The quantitative estimate of drug-likeness (QED) is 0.679. The van der Waals surface area contributed by atoms with Gasteiger partial charge in [0.15, 0.2) is 0 Å². The van der Waals surface area contributed by atoms with Crippen LogP contribution in [0.2, 0.25) is 0 Å². The molecule has 1 unspecified atom stereocenters. The second kappa shape index (κ2) is 8.02. The van der Waals surface area contributed by atoms with Gasteiger partial charge in [-0.1, -0.05) is 47.1 Å². The van der Waals surface area contributed by atoms with Gasteiger partial charge < -0.3 is 5.32 Å². The van der Waals surface area contributed by atoms with E-state index in [0.717, 1.165) is 16.8 Å². The number of hydrogen-bond donors (Lipinski definition) is 1. The van der Waals surface area contributed by atoms with E-state index < -0.39 is 0 Å². The highest BCUT2D eigenvalue weighted by atomic mass is 79.9. The minimum atomic E-state index is 0.388. The highest BCUT2D eigenvalue weighted by Gasteiger charge is 2.14. The monoisotopic (exact) mass is 363 g/mol. The zero-order chi connectivity index (χ0) is 15.2. The SMILES string of the molecule is CCNC(CSc1cccc(Br)c1)c1cccc(C)c1C. The van der Waals surface area contributed by atoms with Crippen molar-refractivity contribution in [1.82, 2.24) is 5.32 Å². The van der Waals surface area contributed by atoms with E-state index in [4.69, 9.17) is 0 Å². The zero-order valence-electron chi connectivity index (χ0n) is 12.8. The molecule has 1 nitrogen and oxygen atoms in total. The fourth-order valence-corrected chi connectivity index (χ4v) is 3.99. The predicted molar refractivity (Wildman–Crippen MR) is 97.2 cm³/mol. The molecule has 0 saturated carbocycles. The summed E-state index contributed by atoms with van der Waals surface area (Å²) in [5.41, 5.74) is 4.18. The summed E-state index contributed by atoms with van der Waals surface area (Å²) in [6, 6.07) is 15.5. The molecular weight excluding hydrogens is 342 g/mol. The van der Waals surface area contributed by atoms with Gasteiger partial charge in [0.1, 0.15) is 0 Å². The fraction of sp³-hybridized carbons (Fsp3) is 0.333. The lowest BCUT2D eigenvalue weighted by Crippen LogP contribution is -2.24. The summed E-state index contributed by atoms with van der Waals surface area (Å²) >= 11 is 5.44. The Bertz CT molecular complexity index is 598. The standard InChI is InChI=1S/C18H22BrNS/c1-4-20-18(17-10-5-7-13(2)14(17)3)12-21-16-9-6-8-15(19)11-16/h5-11,18,20H,4,12H2,1-3H3. The highest BCUT2D eigenvalue weighted by molar-refractivity contribution is 9.10. The smallest absolute Gasteiger partial charge is 0.0418 e. The largest absolute Gasteiger partial charge is 0.309 e. The van der Waals surface area contributed by atoms with Gasteiger partial charge >= 0.3 is 0 Å². The van der Waals surface area contributed by atoms with Gasteiger partial charge in [-0.3, -0.25) is 0 Å². The Labute approximate surface area is 140 Å². The second-order valence-corrected chi connectivity index (χ2v) is 7.18. The molecule has 21 heavy (non-hydrogen) atoms. The molecule has 0 bridgehead atoms. The van der Waals surface area contributed by atoms with Crippen LogP contribution in [0.4, 0.5) is 0 Å². The van der Waals surface area contributed by atoms with Crippen LogP contribution in [0.1, 0.15) is 29.7 Å². The third kappa shape index (κ3) is 4.60. The first-order chi connectivity index (χ1) is 10.1. The van der Waals surface area contributed by atoms with Crippen molar-refractivity contribution in [2.24, 2.45) is 0 Å². The average Bonchev–Trinajstić information content (AvgIpc) is 2.47. The molecule has 0 aromatic heterocycles. The Hall–Kier alpha value is -0.770. The number of benzene rings is 2. The lowest BCUT2D eigenvalue weighted by atomic mass is 9.98. The molecule has 112 valence electrons. The molecule has 0 amide bonds. The maximum atomic E-state index is 3.62. The normalized spacial score (nSPS) is 12.4. The number of aryl methyl sites for hydroxylation is 1. The highest BCUT2D eigenvalue weighted by Crippen LogP contribution is 2.28. The van der Waals surface area contributed by atoms with Crippen molar-refractivity contribution in [2.75, 3.05) is 12.3 Å². The van der Waals surface area contributed by atoms with Crippen LogP contribution in [0, 0.1) is 13.8 Å². The fourth-order valence-electron chi connectivity index (χ4n) is 2.39. The van der Waals surface area contributed by atoms with E-state index >= 15 is 0 Å². The molecule has 2 aromatic rings. The first-order valence-electron chi connectivity index (χ1n) is 7.29. The van der Waals surface area contributed by atoms with Crippen LogP contribution in [0.15, 0.2) is 51.8 Å². The summed E-state index contributed by atoms with van der Waals surface area (Å²) in [4.78, 5) is 1.30. The summed E-state index contributed by atoms with van der Waals surface area (Å²) in [6.07, 6.45) is 0. The van der Waals surface area contributed by atoms with Crippen LogP contribution >= 0.6 is 27.7 Å². The minimum Gasteiger partial charge on any atom is -0.309 e. The second-order valence-electron chi connectivity index (χ2n) is 5.17. The van der Waals surface area contributed by atoms with Crippen LogP contribution < -0.4 is 5.32 Å². The summed E-state index contributed by atoms with van der Waals surface area (Å²) in [6.45, 7) is 7.56. The molecule has 0 aliphatic rings. The van der Waals surface area contributed by atoms with E-state index in [-0.39, 0.29) is 0 Å². The average molecular weight is 364 g/mol. The number of rotatable bonds is 6. The Morgan fingerprint density at radius 1 is 1.14 bits per heavy atom. The third-order valence-corrected chi connectivity index (χ3v) is 5.27. The van der Waals surface area contributed by atoms with Crippen molar-refractivity contribution in [3.8, 4) is 0 Å². The lowest BCUT2D eigenvalue weighted by Gasteiger charge is -2.21. The number of halogens is 1. The van der Waals surface area contributed by atoms with Gasteiger partial charge in [0, 0.05) is 21.2 Å². The summed E-state index contributed by atoms with van der Waals surface area (Å²) < 4.78 is 1.14. The first kappa shape index (κ1) is 16.6. The molecule has 0 aliphatic carbocycles. The molecule has 0 radical (unpaired) electrons. The maximum absolute atomic E-state index is 3.62. The van der Waals surface area contributed by atoms with E-state index in [0.29, 0.717) is 6.04 Å². The Morgan fingerprint density at radius 3 is 2.62 bits per heavy atom. The molecule has 1 N–H and O–H groups in total. The number of hydrogen-bond acceptors (Lipinski definition) is 2. The van der Waals surface area contributed by atoms with Gasteiger partial charge in [-0.2, -0.15) is 0 Å². The molecule has 0 saturated heterocycles. The molecule has 1 atom stereocenters. The van der Waals surface area contributed by atoms with Crippen LogP contribution in [-0.2, 0) is 0 Å². The van der Waals surface area contributed by atoms with Crippen LogP contribution in [-0.4, -0.2) is 12.3 Å². The van der Waals surface area contributed by atoms with Crippen LogP contribution in [0.5, 0.6) is 0 Å². The molecule has 2 aromatic carbocycles. The third-order valence-electron chi connectivity index (χ3n) is 3.69. The van der Waals surface area contributed by atoms with Crippen molar-refractivity contribution < 1.29 is 0 Å². The summed E-state index contributed by atoms with van der Waals surface area (Å²) in [7, 11) is 0. The van der Waals surface area contributed by atoms with E-state index in [2.05, 4.69) is 84.5 Å². The van der Waals surface area contributed by atoms with E-state index in [1.807, 2.05) is 11.8 Å².